The van der Waals surface area contributed by atoms with Gasteiger partial charge in [0.15, 0.2) is 0 Å². The van der Waals surface area contributed by atoms with Crippen LogP contribution in [-0.2, 0) is 6.18 Å². The highest BCUT2D eigenvalue weighted by atomic mass is 19.4. The van der Waals surface area contributed by atoms with E-state index in [4.69, 9.17) is 10.5 Å². The third-order valence-electron chi connectivity index (χ3n) is 3.37. The Morgan fingerprint density at radius 3 is 2.53 bits per heavy atom. The number of hydrogen-bond acceptors (Lipinski definition) is 3. The molecule has 106 valence electrons. The molecule has 1 aromatic heterocycles. The van der Waals surface area contributed by atoms with E-state index in [1.165, 1.54) is 12.1 Å². The van der Waals surface area contributed by atoms with Crippen LogP contribution in [0.5, 0.6) is 5.88 Å². The van der Waals surface area contributed by atoms with Crippen molar-refractivity contribution < 1.29 is 17.9 Å². The van der Waals surface area contributed by atoms with Crippen molar-refractivity contribution in [1.82, 2.24) is 4.98 Å². The highest BCUT2D eigenvalue weighted by Gasteiger charge is 2.33. The largest absolute Gasteiger partial charge is 0.476 e. The van der Waals surface area contributed by atoms with Crippen molar-refractivity contribution in [3.63, 3.8) is 0 Å². The smallest absolute Gasteiger partial charge is 0.433 e. The summed E-state index contributed by atoms with van der Waals surface area (Å²) in [5.41, 5.74) is 4.77. The molecule has 0 spiro atoms. The molecule has 2 rings (SSSR count). The van der Waals surface area contributed by atoms with Crippen LogP contribution >= 0.6 is 0 Å². The predicted molar refractivity (Wildman–Crippen MR) is 64.7 cm³/mol. The summed E-state index contributed by atoms with van der Waals surface area (Å²) in [5.74, 6) is -0.0229. The van der Waals surface area contributed by atoms with E-state index in [-0.39, 0.29) is 12.5 Å². The Morgan fingerprint density at radius 2 is 1.89 bits per heavy atom. The van der Waals surface area contributed by atoms with E-state index in [1.54, 1.807) is 0 Å². The highest BCUT2D eigenvalue weighted by molar-refractivity contribution is 5.18. The predicted octanol–water partition coefficient (Wildman–Crippen LogP) is 3.14. The number of hydrogen-bond donors (Lipinski definition) is 1. The van der Waals surface area contributed by atoms with E-state index in [1.807, 2.05) is 0 Å². The van der Waals surface area contributed by atoms with Gasteiger partial charge in [-0.2, -0.15) is 13.2 Å². The molecule has 1 heterocycles. The third kappa shape index (κ3) is 3.83. The van der Waals surface area contributed by atoms with Crippen molar-refractivity contribution in [3.8, 4) is 5.88 Å². The van der Waals surface area contributed by atoms with Crippen molar-refractivity contribution in [3.05, 3.63) is 23.9 Å². The summed E-state index contributed by atoms with van der Waals surface area (Å²) in [7, 11) is 0. The maximum absolute atomic E-state index is 12.5. The maximum Gasteiger partial charge on any atom is 0.433 e. The molecule has 0 unspecified atom stereocenters. The van der Waals surface area contributed by atoms with Gasteiger partial charge in [0.1, 0.15) is 12.3 Å². The monoisotopic (exact) mass is 274 g/mol. The Kier molecular flexibility index (Phi) is 3.99. The van der Waals surface area contributed by atoms with Gasteiger partial charge in [-0.3, -0.25) is 0 Å². The lowest BCUT2D eigenvalue weighted by molar-refractivity contribution is -0.141. The molecule has 3 nitrogen and oxygen atoms in total. The quantitative estimate of drug-likeness (QED) is 0.921. The lowest BCUT2D eigenvalue weighted by Gasteiger charge is -2.32. The molecule has 0 saturated heterocycles. The number of alkyl halides is 3. The summed E-state index contributed by atoms with van der Waals surface area (Å²) in [6, 6.07) is 3.63. The van der Waals surface area contributed by atoms with Crippen LogP contribution in [0.2, 0.25) is 0 Å². The zero-order valence-corrected chi connectivity index (χ0v) is 10.5. The Bertz CT molecular complexity index is 428. The SMILES string of the molecule is NC1(COc2cccc(C(F)(F)F)n2)CCCCC1. The molecule has 19 heavy (non-hydrogen) atoms. The van der Waals surface area contributed by atoms with Gasteiger partial charge in [-0.05, 0) is 18.9 Å². The van der Waals surface area contributed by atoms with E-state index in [0.29, 0.717) is 0 Å². The molecule has 0 amide bonds. The molecule has 0 atom stereocenters. The van der Waals surface area contributed by atoms with Gasteiger partial charge in [0, 0.05) is 6.07 Å². The van der Waals surface area contributed by atoms with Gasteiger partial charge in [-0.1, -0.05) is 25.3 Å². The molecule has 0 aliphatic heterocycles. The van der Waals surface area contributed by atoms with Crippen LogP contribution in [0.3, 0.4) is 0 Å². The van der Waals surface area contributed by atoms with Gasteiger partial charge in [0.2, 0.25) is 5.88 Å². The van der Waals surface area contributed by atoms with Crippen LogP contribution in [-0.4, -0.2) is 17.1 Å². The first-order valence-electron chi connectivity index (χ1n) is 6.35. The first-order valence-corrected chi connectivity index (χ1v) is 6.35. The zero-order valence-electron chi connectivity index (χ0n) is 10.5. The molecule has 0 aromatic carbocycles. The van der Waals surface area contributed by atoms with Gasteiger partial charge in [0.25, 0.3) is 0 Å². The third-order valence-corrected chi connectivity index (χ3v) is 3.37. The second-order valence-electron chi connectivity index (χ2n) is 5.07. The topological polar surface area (TPSA) is 48.1 Å². The number of nitrogens with zero attached hydrogens (tertiary/aromatic N) is 1. The normalized spacial score (nSPS) is 19.2. The molecule has 1 saturated carbocycles. The van der Waals surface area contributed by atoms with Crippen LogP contribution in [0.1, 0.15) is 37.8 Å². The fourth-order valence-electron chi connectivity index (χ4n) is 2.27. The minimum atomic E-state index is -4.45. The number of halogens is 3. The number of nitrogens with two attached hydrogens (primary N) is 1. The average molecular weight is 274 g/mol. The molecule has 6 heteroatoms. The molecule has 2 N–H and O–H groups in total. The summed E-state index contributed by atoms with van der Waals surface area (Å²) < 4.78 is 42.8. The maximum atomic E-state index is 12.5. The van der Waals surface area contributed by atoms with Crippen molar-refractivity contribution in [1.29, 1.82) is 0 Å². The molecule has 1 fully saturated rings. The van der Waals surface area contributed by atoms with E-state index < -0.39 is 17.4 Å². The number of ether oxygens (including phenoxy) is 1. The van der Waals surface area contributed by atoms with Gasteiger partial charge >= 0.3 is 6.18 Å². The summed E-state index contributed by atoms with van der Waals surface area (Å²) in [6.45, 7) is 0.210. The minimum absolute atomic E-state index is 0.0229. The van der Waals surface area contributed by atoms with E-state index in [9.17, 15) is 13.2 Å². The fourth-order valence-corrected chi connectivity index (χ4v) is 2.27. The van der Waals surface area contributed by atoms with E-state index >= 15 is 0 Å². The average Bonchev–Trinajstić information content (AvgIpc) is 2.37. The van der Waals surface area contributed by atoms with E-state index in [0.717, 1.165) is 38.2 Å². The lowest BCUT2D eigenvalue weighted by Crippen LogP contribution is -2.47. The van der Waals surface area contributed by atoms with Crippen LogP contribution in [0.4, 0.5) is 13.2 Å². The van der Waals surface area contributed by atoms with Crippen molar-refractivity contribution >= 4 is 0 Å². The summed E-state index contributed by atoms with van der Waals surface area (Å²) >= 11 is 0. The van der Waals surface area contributed by atoms with Crippen molar-refractivity contribution in [2.45, 2.75) is 43.8 Å². The molecule has 0 bridgehead atoms. The highest BCUT2D eigenvalue weighted by Crippen LogP contribution is 2.29. The Labute approximate surface area is 110 Å². The van der Waals surface area contributed by atoms with E-state index in [2.05, 4.69) is 4.98 Å². The molecule has 1 aliphatic rings. The van der Waals surface area contributed by atoms with Crippen molar-refractivity contribution in [2.24, 2.45) is 5.73 Å². The van der Waals surface area contributed by atoms with Crippen LogP contribution in [0.25, 0.3) is 0 Å². The summed E-state index contributed by atoms with van der Waals surface area (Å²) in [6.07, 6.45) is 0.453. The van der Waals surface area contributed by atoms with Gasteiger partial charge in [-0.15, -0.1) is 0 Å². The number of rotatable bonds is 3. The summed E-state index contributed by atoms with van der Waals surface area (Å²) in [4.78, 5) is 3.46. The number of pyridine rings is 1. The summed E-state index contributed by atoms with van der Waals surface area (Å²) in [5, 5.41) is 0. The molecule has 1 aliphatic carbocycles. The van der Waals surface area contributed by atoms with Crippen LogP contribution in [0, 0.1) is 0 Å². The van der Waals surface area contributed by atoms with Crippen LogP contribution < -0.4 is 10.5 Å². The fraction of sp³-hybridized carbons (Fsp3) is 0.615. The standard InChI is InChI=1S/C13H17F3N2O/c14-13(15,16)10-5-4-6-11(18-10)19-9-12(17)7-2-1-3-8-12/h4-6H,1-3,7-9,17H2. The Balaban J connectivity index is 1.99. The molecule has 1 aromatic rings. The van der Waals surface area contributed by atoms with Crippen molar-refractivity contribution in [2.75, 3.05) is 6.61 Å². The Morgan fingerprint density at radius 1 is 1.21 bits per heavy atom. The van der Waals surface area contributed by atoms with Gasteiger partial charge < -0.3 is 10.5 Å². The van der Waals surface area contributed by atoms with Crippen LogP contribution in [0.15, 0.2) is 18.2 Å². The van der Waals surface area contributed by atoms with Gasteiger partial charge in [0.05, 0.1) is 5.54 Å². The lowest BCUT2D eigenvalue weighted by atomic mass is 9.83. The first kappa shape index (κ1) is 14.1. The second-order valence-corrected chi connectivity index (χ2v) is 5.07. The zero-order chi connectivity index (χ0) is 13.9. The molecular formula is C13H17F3N2O. The van der Waals surface area contributed by atoms with Gasteiger partial charge in [-0.25, -0.2) is 4.98 Å². The molecular weight excluding hydrogens is 257 g/mol. The second kappa shape index (κ2) is 5.36. The Hall–Kier alpha value is -1.30. The first-order chi connectivity index (χ1) is 8.89. The number of aromatic nitrogens is 1. The minimum Gasteiger partial charge on any atom is -0.476 e. The molecule has 0 radical (unpaired) electrons.